The fourth-order valence-corrected chi connectivity index (χ4v) is 2.75. The van der Waals surface area contributed by atoms with Gasteiger partial charge in [0.25, 0.3) is 0 Å². The summed E-state index contributed by atoms with van der Waals surface area (Å²) >= 11 is 0. The van der Waals surface area contributed by atoms with Crippen LogP contribution in [0.15, 0.2) is 24.3 Å². The second kappa shape index (κ2) is 7.07. The van der Waals surface area contributed by atoms with Crippen molar-refractivity contribution in [3.8, 4) is 5.75 Å². The van der Waals surface area contributed by atoms with Crippen LogP contribution < -0.4 is 10.5 Å². The van der Waals surface area contributed by atoms with Crippen molar-refractivity contribution in [2.45, 2.75) is 26.5 Å². The molecule has 3 unspecified atom stereocenters. The van der Waals surface area contributed by atoms with Gasteiger partial charge in [-0.3, -0.25) is 0 Å². The van der Waals surface area contributed by atoms with E-state index in [0.717, 1.165) is 24.4 Å². The van der Waals surface area contributed by atoms with Gasteiger partial charge in [-0.05, 0) is 17.9 Å². The van der Waals surface area contributed by atoms with E-state index in [0.29, 0.717) is 31.5 Å². The zero-order chi connectivity index (χ0) is 14.5. The molecule has 0 bridgehead atoms. The molecule has 1 fully saturated rings. The van der Waals surface area contributed by atoms with Gasteiger partial charge in [0.15, 0.2) is 0 Å². The fraction of sp³-hybridized carbons (Fsp3) is 0.625. The van der Waals surface area contributed by atoms with Crippen molar-refractivity contribution < 1.29 is 9.84 Å². The fourth-order valence-electron chi connectivity index (χ4n) is 2.75. The summed E-state index contributed by atoms with van der Waals surface area (Å²) < 4.78 is 5.70. The van der Waals surface area contributed by atoms with E-state index in [-0.39, 0.29) is 0 Å². The summed E-state index contributed by atoms with van der Waals surface area (Å²) in [6, 6.07) is 7.71. The number of para-hydroxylation sites is 1. The Hall–Kier alpha value is -1.10. The Morgan fingerprint density at radius 3 is 2.60 bits per heavy atom. The second-order valence-electron chi connectivity index (χ2n) is 5.95. The van der Waals surface area contributed by atoms with Gasteiger partial charge in [-0.2, -0.15) is 0 Å². The first-order valence-electron chi connectivity index (χ1n) is 7.41. The maximum atomic E-state index is 10.1. The van der Waals surface area contributed by atoms with E-state index in [2.05, 4.69) is 18.7 Å². The minimum atomic E-state index is -0.460. The molecule has 1 aromatic rings. The summed E-state index contributed by atoms with van der Waals surface area (Å²) in [7, 11) is 0. The number of ether oxygens (including phenoxy) is 1. The number of aliphatic hydroxyl groups is 1. The van der Waals surface area contributed by atoms with Crippen LogP contribution in [0.4, 0.5) is 0 Å². The zero-order valence-corrected chi connectivity index (χ0v) is 12.5. The smallest absolute Gasteiger partial charge is 0.123 e. The molecule has 0 spiro atoms. The van der Waals surface area contributed by atoms with Gasteiger partial charge in [0, 0.05) is 31.7 Å². The number of hydrogen-bond donors (Lipinski definition) is 2. The molecule has 0 aliphatic carbocycles. The number of nitrogens with zero attached hydrogens (tertiary/aromatic N) is 1. The van der Waals surface area contributed by atoms with Gasteiger partial charge >= 0.3 is 0 Å². The molecule has 4 nitrogen and oxygen atoms in total. The highest BCUT2D eigenvalue weighted by Gasteiger charge is 2.27. The number of nitrogens with two attached hydrogens (primary N) is 1. The molecule has 1 aliphatic rings. The largest absolute Gasteiger partial charge is 0.491 e. The molecule has 0 amide bonds. The van der Waals surface area contributed by atoms with Crippen molar-refractivity contribution in [2.24, 2.45) is 17.6 Å². The molecule has 3 N–H and O–H groups in total. The van der Waals surface area contributed by atoms with Crippen LogP contribution in [0.5, 0.6) is 5.75 Å². The van der Waals surface area contributed by atoms with E-state index >= 15 is 0 Å². The highest BCUT2D eigenvalue weighted by molar-refractivity contribution is 5.32. The van der Waals surface area contributed by atoms with Crippen LogP contribution >= 0.6 is 0 Å². The number of β-amino-alcohol motifs (C(OH)–C–C–N with tert-alkyl or cyclic N) is 1. The molecule has 4 heteroatoms. The van der Waals surface area contributed by atoms with E-state index in [9.17, 15) is 5.11 Å². The average Bonchev–Trinajstić information content (AvgIpc) is 2.75. The van der Waals surface area contributed by atoms with Crippen molar-refractivity contribution in [2.75, 3.05) is 26.2 Å². The standard InChI is InChI=1S/C16H26N2O2/c1-12-8-18(9-13(12)2)10-15(19)11-20-16-6-4-3-5-14(16)7-17/h3-6,12-13,15,19H,7-11,17H2,1-2H3. The first-order chi connectivity index (χ1) is 9.60. The molecule has 1 saturated heterocycles. The molecule has 20 heavy (non-hydrogen) atoms. The Morgan fingerprint density at radius 1 is 1.30 bits per heavy atom. The topological polar surface area (TPSA) is 58.7 Å². The predicted molar refractivity (Wildman–Crippen MR) is 80.6 cm³/mol. The van der Waals surface area contributed by atoms with E-state index in [4.69, 9.17) is 10.5 Å². The average molecular weight is 278 g/mol. The summed E-state index contributed by atoms with van der Waals surface area (Å²) in [4.78, 5) is 2.32. The number of likely N-dealkylation sites (tertiary alicyclic amines) is 1. The molecule has 1 aromatic carbocycles. The Balaban J connectivity index is 1.79. The number of aliphatic hydroxyl groups excluding tert-OH is 1. The second-order valence-corrected chi connectivity index (χ2v) is 5.95. The van der Waals surface area contributed by atoms with Crippen LogP contribution in [0.1, 0.15) is 19.4 Å². The van der Waals surface area contributed by atoms with Crippen molar-refractivity contribution in [1.29, 1.82) is 0 Å². The molecular weight excluding hydrogens is 252 g/mol. The number of rotatable bonds is 6. The van der Waals surface area contributed by atoms with Gasteiger partial charge in [-0.15, -0.1) is 0 Å². The van der Waals surface area contributed by atoms with Crippen molar-refractivity contribution in [3.05, 3.63) is 29.8 Å². The van der Waals surface area contributed by atoms with Crippen LogP contribution in [0.2, 0.25) is 0 Å². The van der Waals surface area contributed by atoms with Crippen molar-refractivity contribution >= 4 is 0 Å². The first-order valence-corrected chi connectivity index (χ1v) is 7.41. The molecule has 1 aliphatic heterocycles. The van der Waals surface area contributed by atoms with Gasteiger partial charge < -0.3 is 20.5 Å². The lowest BCUT2D eigenvalue weighted by Crippen LogP contribution is -2.34. The normalized spacial score (nSPS) is 24.8. The highest BCUT2D eigenvalue weighted by Crippen LogP contribution is 2.22. The van der Waals surface area contributed by atoms with E-state index in [1.165, 1.54) is 0 Å². The van der Waals surface area contributed by atoms with E-state index < -0.39 is 6.10 Å². The van der Waals surface area contributed by atoms with Crippen LogP contribution in [0.25, 0.3) is 0 Å². The van der Waals surface area contributed by atoms with Gasteiger partial charge in [0.2, 0.25) is 0 Å². The summed E-state index contributed by atoms with van der Waals surface area (Å²) in [5.41, 5.74) is 6.64. The Labute approximate surface area is 121 Å². The molecule has 0 radical (unpaired) electrons. The summed E-state index contributed by atoms with van der Waals surface area (Å²) in [6.45, 7) is 8.12. The van der Waals surface area contributed by atoms with E-state index in [1.54, 1.807) is 0 Å². The SMILES string of the molecule is CC1CN(CC(O)COc2ccccc2CN)CC1C. The summed E-state index contributed by atoms with van der Waals surface area (Å²) in [5, 5.41) is 10.1. The predicted octanol–water partition coefficient (Wildman–Crippen LogP) is 1.47. The van der Waals surface area contributed by atoms with Gasteiger partial charge in [-0.25, -0.2) is 0 Å². The van der Waals surface area contributed by atoms with Gasteiger partial charge in [0.1, 0.15) is 18.5 Å². The molecule has 0 aromatic heterocycles. The molecule has 2 rings (SSSR count). The van der Waals surface area contributed by atoms with Gasteiger partial charge in [-0.1, -0.05) is 32.0 Å². The van der Waals surface area contributed by atoms with Crippen LogP contribution in [0.3, 0.4) is 0 Å². The molecule has 1 heterocycles. The van der Waals surface area contributed by atoms with Crippen LogP contribution in [-0.4, -0.2) is 42.4 Å². The number of benzene rings is 1. The third-order valence-corrected chi connectivity index (χ3v) is 4.16. The lowest BCUT2D eigenvalue weighted by molar-refractivity contribution is 0.0739. The monoisotopic (exact) mass is 278 g/mol. The first kappa shape index (κ1) is 15.3. The maximum absolute atomic E-state index is 10.1. The van der Waals surface area contributed by atoms with Crippen LogP contribution in [-0.2, 0) is 6.54 Å². The Kier molecular flexibility index (Phi) is 5.40. The summed E-state index contributed by atoms with van der Waals surface area (Å²) in [5.74, 6) is 2.19. The maximum Gasteiger partial charge on any atom is 0.123 e. The minimum Gasteiger partial charge on any atom is -0.491 e. The zero-order valence-electron chi connectivity index (χ0n) is 12.5. The van der Waals surface area contributed by atoms with Crippen molar-refractivity contribution in [1.82, 2.24) is 4.90 Å². The highest BCUT2D eigenvalue weighted by atomic mass is 16.5. The molecule has 0 saturated carbocycles. The van der Waals surface area contributed by atoms with E-state index in [1.807, 2.05) is 24.3 Å². The van der Waals surface area contributed by atoms with Crippen LogP contribution in [0, 0.1) is 11.8 Å². The number of hydrogen-bond acceptors (Lipinski definition) is 4. The molecular formula is C16H26N2O2. The third kappa shape index (κ3) is 3.95. The molecule has 112 valence electrons. The Bertz CT molecular complexity index is 415. The molecule has 3 atom stereocenters. The Morgan fingerprint density at radius 2 is 1.95 bits per heavy atom. The lowest BCUT2D eigenvalue weighted by atomic mass is 10.0. The quantitative estimate of drug-likeness (QED) is 0.827. The summed E-state index contributed by atoms with van der Waals surface area (Å²) in [6.07, 6.45) is -0.460. The third-order valence-electron chi connectivity index (χ3n) is 4.16. The lowest BCUT2D eigenvalue weighted by Gasteiger charge is -2.20. The van der Waals surface area contributed by atoms with Crippen molar-refractivity contribution in [3.63, 3.8) is 0 Å². The van der Waals surface area contributed by atoms with Gasteiger partial charge in [0.05, 0.1) is 0 Å². The minimum absolute atomic E-state index is 0.316.